The Kier molecular flexibility index (Phi) is 6.75. The summed E-state index contributed by atoms with van der Waals surface area (Å²) < 4.78 is 5.50. The van der Waals surface area contributed by atoms with Crippen LogP contribution < -0.4 is 5.32 Å². The molecule has 0 saturated heterocycles. The second-order valence-electron chi connectivity index (χ2n) is 8.62. The van der Waals surface area contributed by atoms with Crippen LogP contribution in [0, 0.1) is 0 Å². The van der Waals surface area contributed by atoms with E-state index in [0.29, 0.717) is 0 Å². The first-order chi connectivity index (χ1) is 15.9. The molecular formula is C27H28N2O4. The number of hydrogen-bond acceptors (Lipinski definition) is 4. The minimum Gasteiger partial charge on any atom is -0.480 e. The summed E-state index contributed by atoms with van der Waals surface area (Å²) in [7, 11) is 3.99. The highest BCUT2D eigenvalue weighted by atomic mass is 16.5. The van der Waals surface area contributed by atoms with Crippen molar-refractivity contribution in [2.45, 2.75) is 24.9 Å². The van der Waals surface area contributed by atoms with Crippen molar-refractivity contribution in [1.29, 1.82) is 0 Å². The molecule has 6 heteroatoms. The minimum atomic E-state index is -1.10. The maximum atomic E-state index is 12.5. The van der Waals surface area contributed by atoms with Gasteiger partial charge in [-0.2, -0.15) is 0 Å². The van der Waals surface area contributed by atoms with Gasteiger partial charge in [-0.1, -0.05) is 72.8 Å². The Morgan fingerprint density at radius 3 is 2.00 bits per heavy atom. The van der Waals surface area contributed by atoms with Crippen LogP contribution in [0.3, 0.4) is 0 Å². The molecule has 0 heterocycles. The Morgan fingerprint density at radius 2 is 1.45 bits per heavy atom. The van der Waals surface area contributed by atoms with Gasteiger partial charge in [0.15, 0.2) is 0 Å². The summed E-state index contributed by atoms with van der Waals surface area (Å²) in [5.41, 5.74) is 6.48. The van der Waals surface area contributed by atoms with E-state index in [1.807, 2.05) is 74.8 Å². The summed E-state index contributed by atoms with van der Waals surface area (Å²) in [5, 5.41) is 12.1. The summed E-state index contributed by atoms with van der Waals surface area (Å²) in [4.78, 5) is 26.3. The molecule has 1 amide bonds. The van der Waals surface area contributed by atoms with E-state index in [2.05, 4.69) is 22.3 Å². The predicted octanol–water partition coefficient (Wildman–Crippen LogP) is 4.28. The number of carbonyl (C=O) groups excluding carboxylic acids is 1. The third kappa shape index (κ3) is 5.23. The number of aliphatic carboxylic acids is 1. The highest BCUT2D eigenvalue weighted by Gasteiger charge is 2.29. The molecule has 33 heavy (non-hydrogen) atoms. The number of carbonyl (C=O) groups is 2. The molecule has 4 rings (SSSR count). The van der Waals surface area contributed by atoms with Crippen molar-refractivity contribution < 1.29 is 19.4 Å². The SMILES string of the molecule is CN(C)Cc1ccc(CC(NC(=O)OCC2c3ccccc3-c3ccccc32)C(=O)O)cc1. The molecule has 0 fully saturated rings. The molecular weight excluding hydrogens is 416 g/mol. The molecule has 0 aliphatic heterocycles. The zero-order chi connectivity index (χ0) is 23.4. The number of nitrogens with one attached hydrogen (secondary N) is 1. The Labute approximate surface area is 193 Å². The van der Waals surface area contributed by atoms with Gasteiger partial charge in [0.2, 0.25) is 0 Å². The van der Waals surface area contributed by atoms with Crippen molar-refractivity contribution in [2.75, 3.05) is 20.7 Å². The highest BCUT2D eigenvalue weighted by Crippen LogP contribution is 2.44. The summed E-state index contributed by atoms with van der Waals surface area (Å²) >= 11 is 0. The van der Waals surface area contributed by atoms with Gasteiger partial charge in [0, 0.05) is 18.9 Å². The van der Waals surface area contributed by atoms with Gasteiger partial charge in [-0.3, -0.25) is 0 Å². The van der Waals surface area contributed by atoms with Crippen LogP contribution in [0.25, 0.3) is 11.1 Å². The van der Waals surface area contributed by atoms with Crippen LogP contribution in [0.1, 0.15) is 28.2 Å². The number of carboxylic acids is 1. The van der Waals surface area contributed by atoms with Crippen LogP contribution in [-0.2, 0) is 22.5 Å². The number of amides is 1. The second-order valence-corrected chi connectivity index (χ2v) is 8.62. The van der Waals surface area contributed by atoms with Gasteiger partial charge in [0.1, 0.15) is 12.6 Å². The monoisotopic (exact) mass is 444 g/mol. The van der Waals surface area contributed by atoms with Gasteiger partial charge in [-0.15, -0.1) is 0 Å². The van der Waals surface area contributed by atoms with Gasteiger partial charge in [0.05, 0.1) is 0 Å². The molecule has 0 radical (unpaired) electrons. The van der Waals surface area contributed by atoms with E-state index in [1.165, 1.54) is 0 Å². The Bertz CT molecular complexity index is 1100. The number of benzene rings is 3. The molecule has 1 aliphatic rings. The summed E-state index contributed by atoms with van der Waals surface area (Å²) in [5.74, 6) is -1.17. The van der Waals surface area contributed by atoms with E-state index in [4.69, 9.17) is 4.74 Å². The number of nitrogens with zero attached hydrogens (tertiary/aromatic N) is 1. The Balaban J connectivity index is 1.39. The van der Waals surface area contributed by atoms with Gasteiger partial charge in [-0.25, -0.2) is 9.59 Å². The molecule has 0 spiro atoms. The molecule has 170 valence electrons. The van der Waals surface area contributed by atoms with E-state index >= 15 is 0 Å². The van der Waals surface area contributed by atoms with E-state index < -0.39 is 18.1 Å². The average Bonchev–Trinajstić information content (AvgIpc) is 3.12. The summed E-state index contributed by atoms with van der Waals surface area (Å²) in [6.45, 7) is 0.950. The van der Waals surface area contributed by atoms with Crippen LogP contribution in [0.4, 0.5) is 4.79 Å². The third-order valence-electron chi connectivity index (χ3n) is 5.90. The van der Waals surface area contributed by atoms with Crippen LogP contribution >= 0.6 is 0 Å². The van der Waals surface area contributed by atoms with Gasteiger partial charge >= 0.3 is 12.1 Å². The van der Waals surface area contributed by atoms with Crippen molar-refractivity contribution in [3.63, 3.8) is 0 Å². The van der Waals surface area contributed by atoms with Crippen molar-refractivity contribution in [3.8, 4) is 11.1 Å². The van der Waals surface area contributed by atoms with Gasteiger partial charge < -0.3 is 20.1 Å². The lowest BCUT2D eigenvalue weighted by Gasteiger charge is -2.18. The lowest BCUT2D eigenvalue weighted by Crippen LogP contribution is -2.42. The number of alkyl carbamates (subject to hydrolysis) is 1. The highest BCUT2D eigenvalue weighted by molar-refractivity contribution is 5.81. The third-order valence-corrected chi connectivity index (χ3v) is 5.90. The number of carboxylic acid groups (broad SMARTS) is 1. The topological polar surface area (TPSA) is 78.9 Å². The molecule has 1 aliphatic carbocycles. The van der Waals surface area contributed by atoms with Crippen LogP contribution in [-0.4, -0.2) is 48.8 Å². The molecule has 3 aromatic carbocycles. The first-order valence-electron chi connectivity index (χ1n) is 11.0. The summed E-state index contributed by atoms with van der Waals surface area (Å²) in [6.07, 6.45) is -0.546. The fraction of sp³-hybridized carbons (Fsp3) is 0.259. The van der Waals surface area contributed by atoms with Gasteiger partial charge in [0.25, 0.3) is 0 Å². The molecule has 0 aromatic heterocycles. The number of fused-ring (bicyclic) bond motifs is 3. The predicted molar refractivity (Wildman–Crippen MR) is 127 cm³/mol. The molecule has 0 saturated carbocycles. The fourth-order valence-corrected chi connectivity index (χ4v) is 4.36. The van der Waals surface area contributed by atoms with E-state index in [9.17, 15) is 14.7 Å². The number of hydrogen-bond donors (Lipinski definition) is 2. The molecule has 2 N–H and O–H groups in total. The lowest BCUT2D eigenvalue weighted by atomic mass is 9.98. The average molecular weight is 445 g/mol. The molecule has 1 unspecified atom stereocenters. The van der Waals surface area contributed by atoms with Crippen molar-refractivity contribution >= 4 is 12.1 Å². The van der Waals surface area contributed by atoms with Crippen molar-refractivity contribution in [1.82, 2.24) is 10.2 Å². The molecule has 6 nitrogen and oxygen atoms in total. The fourth-order valence-electron chi connectivity index (χ4n) is 4.36. The normalized spacial score (nSPS) is 13.3. The number of rotatable bonds is 8. The zero-order valence-electron chi connectivity index (χ0n) is 18.8. The first kappa shape index (κ1) is 22.6. The lowest BCUT2D eigenvalue weighted by molar-refractivity contribution is -0.139. The van der Waals surface area contributed by atoms with E-state index in [-0.39, 0.29) is 18.9 Å². The smallest absolute Gasteiger partial charge is 0.407 e. The van der Waals surface area contributed by atoms with Crippen molar-refractivity contribution in [2.24, 2.45) is 0 Å². The maximum absolute atomic E-state index is 12.5. The van der Waals surface area contributed by atoms with Gasteiger partial charge in [-0.05, 0) is 47.5 Å². The maximum Gasteiger partial charge on any atom is 0.407 e. The van der Waals surface area contributed by atoms with E-state index in [0.717, 1.165) is 39.9 Å². The molecule has 0 bridgehead atoms. The second kappa shape index (κ2) is 9.88. The van der Waals surface area contributed by atoms with E-state index in [1.54, 1.807) is 0 Å². The standard InChI is InChI=1S/C27H28N2O4/c1-29(2)16-19-13-11-18(12-14-19)15-25(26(30)31)28-27(32)33-17-24-22-9-5-3-7-20(22)21-8-4-6-10-23(21)24/h3-14,24-25H,15-17H2,1-2H3,(H,28,32)(H,30,31). The van der Waals surface area contributed by atoms with Crippen molar-refractivity contribution in [3.05, 3.63) is 95.1 Å². The Morgan fingerprint density at radius 1 is 0.909 bits per heavy atom. The zero-order valence-corrected chi connectivity index (χ0v) is 18.8. The number of ether oxygens (including phenoxy) is 1. The first-order valence-corrected chi connectivity index (χ1v) is 11.0. The largest absolute Gasteiger partial charge is 0.480 e. The Hall–Kier alpha value is -3.64. The summed E-state index contributed by atoms with van der Waals surface area (Å²) in [6, 6.07) is 22.8. The minimum absolute atomic E-state index is 0.0735. The quantitative estimate of drug-likeness (QED) is 0.542. The van der Waals surface area contributed by atoms with Crippen LogP contribution in [0.2, 0.25) is 0 Å². The van der Waals surface area contributed by atoms with Crippen LogP contribution in [0.5, 0.6) is 0 Å². The molecule has 1 atom stereocenters. The van der Waals surface area contributed by atoms with Crippen LogP contribution in [0.15, 0.2) is 72.8 Å². The molecule has 3 aromatic rings.